The second-order valence-corrected chi connectivity index (χ2v) is 10.4. The van der Waals surface area contributed by atoms with Gasteiger partial charge in [-0.2, -0.15) is 0 Å². The Bertz CT molecular complexity index is 1060. The van der Waals surface area contributed by atoms with E-state index in [2.05, 4.69) is 65.8 Å². The van der Waals surface area contributed by atoms with Crippen molar-refractivity contribution in [3.63, 3.8) is 0 Å². The monoisotopic (exact) mass is 599 g/mol. The van der Waals surface area contributed by atoms with Crippen molar-refractivity contribution in [1.29, 1.82) is 0 Å². The fraction of sp³-hybridized carbons (Fsp3) is 0.440. The highest BCUT2D eigenvalue weighted by atomic mass is 127. The average molecular weight is 600 g/mol. The summed E-state index contributed by atoms with van der Waals surface area (Å²) in [5, 5.41) is 26.9. The van der Waals surface area contributed by atoms with Gasteiger partial charge >= 0.3 is 0 Å². The van der Waals surface area contributed by atoms with Crippen LogP contribution in [0, 0.1) is 9.49 Å². The van der Waals surface area contributed by atoms with E-state index in [0.29, 0.717) is 29.8 Å². The summed E-state index contributed by atoms with van der Waals surface area (Å²) in [5.74, 6) is 2.43. The zero-order valence-corrected chi connectivity index (χ0v) is 22.5. The Kier molecular flexibility index (Phi) is 9.58. The van der Waals surface area contributed by atoms with Crippen LogP contribution in [0.3, 0.4) is 0 Å². The summed E-state index contributed by atoms with van der Waals surface area (Å²) in [5.41, 5.74) is 2.59. The van der Waals surface area contributed by atoms with Crippen LogP contribution in [0.4, 0.5) is 0 Å². The molecule has 0 aliphatic heterocycles. The van der Waals surface area contributed by atoms with Gasteiger partial charge in [-0.05, 0) is 58.0 Å². The van der Waals surface area contributed by atoms with E-state index in [0.717, 1.165) is 14.9 Å². The molecule has 0 bridgehead atoms. The number of nitrogens with zero attached hydrogens (tertiary/aromatic N) is 3. The van der Waals surface area contributed by atoms with Crippen LogP contribution < -0.4 is 9.47 Å². The predicted molar refractivity (Wildman–Crippen MR) is 141 cm³/mol. The summed E-state index contributed by atoms with van der Waals surface area (Å²) >= 11 is 8.19. The van der Waals surface area contributed by atoms with Gasteiger partial charge in [-0.3, -0.25) is 0 Å². The van der Waals surface area contributed by atoms with Crippen LogP contribution in [-0.2, 0) is 18.6 Å². The quantitative estimate of drug-likeness (QED) is 0.237. The highest BCUT2D eigenvalue weighted by Crippen LogP contribution is 2.35. The summed E-state index contributed by atoms with van der Waals surface area (Å²) in [6.45, 7) is 7.22. The number of halogens is 2. The summed E-state index contributed by atoms with van der Waals surface area (Å²) in [7, 11) is 0. The lowest BCUT2D eigenvalue weighted by Crippen LogP contribution is -2.24. The Hall–Kier alpha value is -1.88. The van der Waals surface area contributed by atoms with Crippen molar-refractivity contribution in [2.45, 2.75) is 45.4 Å². The summed E-state index contributed by atoms with van der Waals surface area (Å²) in [6.07, 6.45) is 0.847. The van der Waals surface area contributed by atoms with Gasteiger partial charge in [-0.1, -0.05) is 44.2 Å². The van der Waals surface area contributed by atoms with Gasteiger partial charge in [0.2, 0.25) is 0 Å². The molecule has 184 valence electrons. The van der Waals surface area contributed by atoms with E-state index >= 15 is 0 Å². The Morgan fingerprint density at radius 1 is 1.09 bits per heavy atom. The van der Waals surface area contributed by atoms with Gasteiger partial charge in [0.05, 0.1) is 29.5 Å². The van der Waals surface area contributed by atoms with Gasteiger partial charge in [0, 0.05) is 17.2 Å². The van der Waals surface area contributed by atoms with Crippen molar-refractivity contribution in [2.75, 3.05) is 19.1 Å². The van der Waals surface area contributed by atoms with Crippen LogP contribution in [0.25, 0.3) is 0 Å². The lowest BCUT2D eigenvalue weighted by molar-refractivity contribution is 0.0888. The first-order chi connectivity index (χ1) is 16.2. The van der Waals surface area contributed by atoms with Crippen molar-refractivity contribution in [3.8, 4) is 11.5 Å². The molecular formula is C25H31ClIN3O4. The standard InChI is InChI=1S/C25H31ClIN3O4/c1-17(11-26)15-34-24-9-6-19(10-23(24)27)25(2,3)18-4-7-22(8-5-18)33-16-21(32)13-30-12-20(14-31)28-29-30/h4-10,12,17,21,31-32H,11,13-16H2,1-3H3. The molecule has 1 aromatic heterocycles. The number of alkyl halides is 1. The van der Waals surface area contributed by atoms with Gasteiger partial charge in [0.1, 0.15) is 29.9 Å². The maximum atomic E-state index is 10.2. The molecule has 2 atom stereocenters. The van der Waals surface area contributed by atoms with Crippen LogP contribution in [0.2, 0.25) is 0 Å². The molecule has 0 saturated heterocycles. The number of ether oxygens (including phenoxy) is 2. The Labute approximate surface area is 219 Å². The molecule has 0 fully saturated rings. The average Bonchev–Trinajstić information content (AvgIpc) is 3.29. The van der Waals surface area contributed by atoms with Gasteiger partial charge in [0.25, 0.3) is 0 Å². The zero-order valence-electron chi connectivity index (χ0n) is 19.6. The highest BCUT2D eigenvalue weighted by Gasteiger charge is 2.24. The minimum absolute atomic E-state index is 0.124. The predicted octanol–water partition coefficient (Wildman–Crippen LogP) is 4.39. The molecule has 1 heterocycles. The first-order valence-electron chi connectivity index (χ1n) is 11.1. The first kappa shape index (κ1) is 26.7. The number of benzene rings is 2. The molecule has 0 aliphatic rings. The van der Waals surface area contributed by atoms with Crippen LogP contribution in [0.5, 0.6) is 11.5 Å². The van der Waals surface area contributed by atoms with Crippen LogP contribution in [-0.4, -0.2) is 50.4 Å². The lowest BCUT2D eigenvalue weighted by atomic mass is 9.78. The molecule has 3 rings (SSSR count). The fourth-order valence-electron chi connectivity index (χ4n) is 3.38. The van der Waals surface area contributed by atoms with E-state index in [9.17, 15) is 5.11 Å². The topological polar surface area (TPSA) is 89.6 Å². The second kappa shape index (κ2) is 12.2. The first-order valence-corrected chi connectivity index (χ1v) is 12.7. The molecule has 0 aliphatic carbocycles. The Balaban J connectivity index is 1.59. The molecule has 2 aromatic carbocycles. The van der Waals surface area contributed by atoms with Crippen molar-refractivity contribution in [3.05, 3.63) is 69.1 Å². The van der Waals surface area contributed by atoms with E-state index in [1.165, 1.54) is 10.2 Å². The van der Waals surface area contributed by atoms with E-state index in [1.54, 1.807) is 6.20 Å². The van der Waals surface area contributed by atoms with Gasteiger partial charge in [-0.25, -0.2) is 4.68 Å². The number of aromatic nitrogens is 3. The van der Waals surface area contributed by atoms with Gasteiger partial charge in [-0.15, -0.1) is 16.7 Å². The number of aliphatic hydroxyl groups is 2. The number of hydrogen-bond acceptors (Lipinski definition) is 6. The molecule has 0 radical (unpaired) electrons. The highest BCUT2D eigenvalue weighted by molar-refractivity contribution is 14.1. The van der Waals surface area contributed by atoms with Crippen molar-refractivity contribution in [1.82, 2.24) is 15.0 Å². The molecular weight excluding hydrogens is 569 g/mol. The van der Waals surface area contributed by atoms with Crippen molar-refractivity contribution in [2.24, 2.45) is 5.92 Å². The number of aliphatic hydroxyl groups excluding tert-OH is 2. The fourth-order valence-corrected chi connectivity index (χ4v) is 4.14. The normalized spacial score (nSPS) is 13.5. The Morgan fingerprint density at radius 3 is 2.41 bits per heavy atom. The largest absolute Gasteiger partial charge is 0.492 e. The molecule has 2 unspecified atom stereocenters. The van der Waals surface area contributed by atoms with Gasteiger partial charge < -0.3 is 19.7 Å². The molecule has 0 spiro atoms. The van der Waals surface area contributed by atoms with E-state index in [1.807, 2.05) is 30.3 Å². The van der Waals surface area contributed by atoms with Crippen molar-refractivity contribution >= 4 is 34.2 Å². The number of rotatable bonds is 12. The van der Waals surface area contributed by atoms with Gasteiger partial charge in [0.15, 0.2) is 0 Å². The maximum absolute atomic E-state index is 10.2. The smallest absolute Gasteiger partial charge is 0.132 e. The third-order valence-corrected chi connectivity index (χ3v) is 6.97. The Morgan fingerprint density at radius 2 is 1.79 bits per heavy atom. The van der Waals surface area contributed by atoms with Crippen molar-refractivity contribution < 1.29 is 19.7 Å². The van der Waals surface area contributed by atoms with E-state index < -0.39 is 6.10 Å². The summed E-state index contributed by atoms with van der Waals surface area (Å²) < 4.78 is 14.2. The lowest BCUT2D eigenvalue weighted by Gasteiger charge is -2.27. The summed E-state index contributed by atoms with van der Waals surface area (Å²) in [4.78, 5) is 0. The van der Waals surface area contributed by atoms with E-state index in [4.69, 9.17) is 26.2 Å². The van der Waals surface area contributed by atoms with Crippen LogP contribution in [0.15, 0.2) is 48.7 Å². The summed E-state index contributed by atoms with van der Waals surface area (Å²) in [6, 6.07) is 14.2. The van der Waals surface area contributed by atoms with Crippen LogP contribution in [0.1, 0.15) is 37.6 Å². The minimum Gasteiger partial charge on any atom is -0.492 e. The van der Waals surface area contributed by atoms with Crippen LogP contribution >= 0.6 is 34.2 Å². The molecule has 0 amide bonds. The molecule has 9 heteroatoms. The SMILES string of the molecule is CC(CCl)COc1ccc(C(C)(C)c2ccc(OCC(O)Cn3cc(CO)nn3)cc2)cc1I. The minimum atomic E-state index is -0.750. The maximum Gasteiger partial charge on any atom is 0.132 e. The number of hydrogen-bond donors (Lipinski definition) is 2. The molecule has 3 aromatic rings. The zero-order chi connectivity index (χ0) is 24.7. The third kappa shape index (κ3) is 7.07. The third-order valence-electron chi connectivity index (χ3n) is 5.60. The molecule has 0 saturated carbocycles. The molecule has 7 nitrogen and oxygen atoms in total. The van der Waals surface area contributed by atoms with E-state index in [-0.39, 0.29) is 25.2 Å². The molecule has 34 heavy (non-hydrogen) atoms. The second-order valence-electron chi connectivity index (χ2n) is 8.92. The molecule has 2 N–H and O–H groups in total.